The fraction of sp³-hybridized carbons (Fsp3) is 0.217. The highest BCUT2D eigenvalue weighted by Gasteiger charge is 2.16. The number of rotatable bonds is 6. The number of methoxy groups -OCH3 is 1. The van der Waals surface area contributed by atoms with E-state index in [9.17, 15) is 9.59 Å². The molecule has 2 aromatic carbocycles. The van der Waals surface area contributed by atoms with E-state index in [-0.39, 0.29) is 19.2 Å². The van der Waals surface area contributed by atoms with Gasteiger partial charge in [-0.15, -0.1) is 5.10 Å². The van der Waals surface area contributed by atoms with Gasteiger partial charge in [0.2, 0.25) is 12.7 Å². The molecule has 1 amide bonds. The molecule has 0 radical (unpaired) electrons. The predicted octanol–water partition coefficient (Wildman–Crippen LogP) is 1.92. The van der Waals surface area contributed by atoms with E-state index in [2.05, 4.69) is 15.4 Å². The number of hydrogen-bond acceptors (Lipinski definition) is 7. The first kappa shape index (κ1) is 20.6. The van der Waals surface area contributed by atoms with Crippen LogP contribution in [0.1, 0.15) is 11.4 Å². The van der Waals surface area contributed by atoms with Gasteiger partial charge in [0, 0.05) is 18.2 Å². The quantitative estimate of drug-likeness (QED) is 0.481. The van der Waals surface area contributed by atoms with Crippen LogP contribution in [-0.4, -0.2) is 39.0 Å². The van der Waals surface area contributed by atoms with Crippen LogP contribution in [0.2, 0.25) is 0 Å². The van der Waals surface area contributed by atoms with Crippen molar-refractivity contribution in [1.29, 1.82) is 0 Å². The maximum Gasteiger partial charge on any atom is 0.352 e. The molecule has 0 saturated carbocycles. The summed E-state index contributed by atoms with van der Waals surface area (Å²) >= 11 is 0. The number of hydrogen-bond donors (Lipinski definition) is 1. The molecule has 0 unspecified atom stereocenters. The SMILES string of the molecule is COc1ccc(-c2cc3nn(CC(=O)NCc4ccc5c(c4)OCO5)c(=O)n3c(C)n2)cc1. The Hall–Kier alpha value is -4.34. The van der Waals surface area contributed by atoms with Gasteiger partial charge in [-0.1, -0.05) is 6.07 Å². The zero-order chi connectivity index (χ0) is 22.9. The summed E-state index contributed by atoms with van der Waals surface area (Å²) < 4.78 is 18.4. The molecule has 3 heterocycles. The minimum atomic E-state index is -0.422. The van der Waals surface area contributed by atoms with E-state index in [0.717, 1.165) is 21.6 Å². The van der Waals surface area contributed by atoms with E-state index in [1.54, 1.807) is 26.2 Å². The zero-order valence-electron chi connectivity index (χ0n) is 18.1. The lowest BCUT2D eigenvalue weighted by molar-refractivity contribution is -0.122. The highest BCUT2D eigenvalue weighted by molar-refractivity contribution is 5.75. The number of aromatic nitrogens is 4. The summed E-state index contributed by atoms with van der Waals surface area (Å²) in [7, 11) is 1.60. The van der Waals surface area contributed by atoms with Gasteiger partial charge < -0.3 is 19.5 Å². The molecule has 0 aliphatic carbocycles. The average Bonchev–Trinajstić information content (AvgIpc) is 3.41. The Balaban J connectivity index is 1.33. The van der Waals surface area contributed by atoms with Crippen LogP contribution < -0.4 is 25.2 Å². The van der Waals surface area contributed by atoms with Crippen molar-refractivity contribution >= 4 is 11.6 Å². The van der Waals surface area contributed by atoms with Gasteiger partial charge >= 0.3 is 5.69 Å². The fourth-order valence-electron chi connectivity index (χ4n) is 3.66. The minimum Gasteiger partial charge on any atom is -0.497 e. The number of nitrogens with one attached hydrogen (secondary N) is 1. The Morgan fingerprint density at radius 2 is 1.91 bits per heavy atom. The number of aryl methyl sites for hydroxylation is 1. The molecule has 0 atom stereocenters. The fourth-order valence-corrected chi connectivity index (χ4v) is 3.66. The number of amides is 1. The summed E-state index contributed by atoms with van der Waals surface area (Å²) in [6.45, 7) is 2.01. The van der Waals surface area contributed by atoms with Crippen molar-refractivity contribution in [3.05, 3.63) is 70.4 Å². The lowest BCUT2D eigenvalue weighted by Gasteiger charge is -2.06. The van der Waals surface area contributed by atoms with Crippen molar-refractivity contribution in [2.75, 3.05) is 13.9 Å². The lowest BCUT2D eigenvalue weighted by atomic mass is 10.1. The van der Waals surface area contributed by atoms with Crippen molar-refractivity contribution < 1.29 is 19.0 Å². The predicted molar refractivity (Wildman–Crippen MR) is 118 cm³/mol. The summed E-state index contributed by atoms with van der Waals surface area (Å²) in [5.74, 6) is 2.21. The standard InChI is InChI=1S/C23H21N5O5/c1-14-25-18(16-4-6-17(31-2)7-5-16)10-21-26-27(23(30)28(14)21)12-22(29)24-11-15-3-8-19-20(9-15)33-13-32-19/h3-10H,11-13H2,1-2H3,(H,24,29). The van der Waals surface area contributed by atoms with Crippen LogP contribution in [-0.2, 0) is 17.9 Å². The third-order valence-electron chi connectivity index (χ3n) is 5.34. The van der Waals surface area contributed by atoms with E-state index in [1.165, 1.54) is 4.40 Å². The summed E-state index contributed by atoms with van der Waals surface area (Å²) in [6.07, 6.45) is 0. The molecule has 0 fully saturated rings. The first-order valence-electron chi connectivity index (χ1n) is 10.3. The van der Waals surface area contributed by atoms with Crippen LogP contribution >= 0.6 is 0 Å². The monoisotopic (exact) mass is 447 g/mol. The Morgan fingerprint density at radius 3 is 2.70 bits per heavy atom. The van der Waals surface area contributed by atoms with Crippen molar-refractivity contribution in [3.63, 3.8) is 0 Å². The number of ether oxygens (including phenoxy) is 3. The Bertz CT molecular complexity index is 1410. The Morgan fingerprint density at radius 1 is 1.12 bits per heavy atom. The number of benzene rings is 2. The van der Waals surface area contributed by atoms with Crippen LogP contribution in [0.25, 0.3) is 16.9 Å². The van der Waals surface area contributed by atoms with Crippen LogP contribution in [0.4, 0.5) is 0 Å². The minimum absolute atomic E-state index is 0.191. The van der Waals surface area contributed by atoms with Crippen molar-refractivity contribution in [1.82, 2.24) is 24.5 Å². The zero-order valence-corrected chi connectivity index (χ0v) is 18.1. The maximum atomic E-state index is 12.8. The first-order chi connectivity index (χ1) is 16.0. The van der Waals surface area contributed by atoms with E-state index in [0.29, 0.717) is 35.2 Å². The molecule has 5 rings (SSSR count). The van der Waals surface area contributed by atoms with Gasteiger partial charge in [0.15, 0.2) is 17.1 Å². The second-order valence-electron chi connectivity index (χ2n) is 7.52. The molecule has 0 spiro atoms. The first-order valence-corrected chi connectivity index (χ1v) is 10.3. The molecule has 1 aliphatic rings. The smallest absolute Gasteiger partial charge is 0.352 e. The molecule has 168 valence electrons. The normalized spacial score (nSPS) is 12.2. The van der Waals surface area contributed by atoms with E-state index >= 15 is 0 Å². The lowest BCUT2D eigenvalue weighted by Crippen LogP contribution is -2.32. The topological polar surface area (TPSA) is 109 Å². The van der Waals surface area contributed by atoms with Gasteiger partial charge in [0.25, 0.3) is 0 Å². The molecular formula is C23H21N5O5. The van der Waals surface area contributed by atoms with E-state index in [4.69, 9.17) is 14.2 Å². The molecule has 4 aromatic rings. The molecule has 33 heavy (non-hydrogen) atoms. The molecule has 0 bridgehead atoms. The van der Waals surface area contributed by atoms with E-state index < -0.39 is 5.69 Å². The van der Waals surface area contributed by atoms with Crippen LogP contribution in [0.3, 0.4) is 0 Å². The molecule has 10 heteroatoms. The van der Waals surface area contributed by atoms with Gasteiger partial charge in [0.05, 0.1) is 12.8 Å². The Labute approximate surface area is 188 Å². The van der Waals surface area contributed by atoms with Gasteiger partial charge in [-0.2, -0.15) is 0 Å². The number of carbonyl (C=O) groups excluding carboxylic acids is 1. The summed E-state index contributed by atoms with van der Waals surface area (Å²) in [6, 6.07) is 14.6. The van der Waals surface area contributed by atoms with Crippen molar-refractivity contribution in [3.8, 4) is 28.5 Å². The molecular weight excluding hydrogens is 426 g/mol. The van der Waals surface area contributed by atoms with Gasteiger partial charge in [-0.3, -0.25) is 4.79 Å². The van der Waals surface area contributed by atoms with Crippen LogP contribution in [0, 0.1) is 6.92 Å². The third-order valence-corrected chi connectivity index (χ3v) is 5.34. The molecule has 10 nitrogen and oxygen atoms in total. The van der Waals surface area contributed by atoms with Gasteiger partial charge in [0.1, 0.15) is 18.1 Å². The Kier molecular flexibility index (Phi) is 5.17. The highest BCUT2D eigenvalue weighted by Crippen LogP contribution is 2.32. The second-order valence-corrected chi connectivity index (χ2v) is 7.52. The van der Waals surface area contributed by atoms with Gasteiger partial charge in [-0.25, -0.2) is 18.9 Å². The molecule has 2 aromatic heterocycles. The summed E-state index contributed by atoms with van der Waals surface area (Å²) in [5.41, 5.74) is 2.40. The van der Waals surface area contributed by atoms with Crippen molar-refractivity contribution in [2.24, 2.45) is 0 Å². The molecule has 1 aliphatic heterocycles. The second kappa shape index (κ2) is 8.30. The number of nitrogens with zero attached hydrogens (tertiary/aromatic N) is 4. The number of fused-ring (bicyclic) bond motifs is 2. The van der Waals surface area contributed by atoms with E-state index in [1.807, 2.05) is 36.4 Å². The van der Waals surface area contributed by atoms with Gasteiger partial charge in [-0.05, 0) is 48.9 Å². The molecule has 0 saturated heterocycles. The maximum absolute atomic E-state index is 12.8. The third kappa shape index (κ3) is 3.98. The largest absolute Gasteiger partial charge is 0.497 e. The molecule has 1 N–H and O–H groups in total. The number of carbonyl (C=O) groups is 1. The van der Waals surface area contributed by atoms with Crippen molar-refractivity contribution in [2.45, 2.75) is 20.0 Å². The summed E-state index contributed by atoms with van der Waals surface area (Å²) in [4.78, 5) is 29.8. The summed E-state index contributed by atoms with van der Waals surface area (Å²) in [5, 5.41) is 7.14. The van der Waals surface area contributed by atoms with Crippen LogP contribution in [0.5, 0.6) is 17.2 Å². The van der Waals surface area contributed by atoms with Crippen LogP contribution in [0.15, 0.2) is 53.3 Å². The highest BCUT2D eigenvalue weighted by atomic mass is 16.7. The average molecular weight is 447 g/mol.